The first-order valence-electron chi connectivity index (χ1n) is 9.32. The second-order valence-electron chi connectivity index (χ2n) is 7.30. The molecular weight excluding hydrogens is 366 g/mol. The van der Waals surface area contributed by atoms with E-state index in [4.69, 9.17) is 0 Å². The number of benzene rings is 2. The SMILES string of the molecule is Cc1ccc(N2C(=O)NC(=O)/C(=C\c3c(C)n(C)c4ccccc34)C2=O)cc1C. The van der Waals surface area contributed by atoms with E-state index in [9.17, 15) is 14.4 Å². The molecule has 0 unspecified atom stereocenters. The van der Waals surface area contributed by atoms with Gasteiger partial charge in [-0.25, -0.2) is 9.69 Å². The number of anilines is 1. The fraction of sp³-hybridized carbons (Fsp3) is 0.174. The largest absolute Gasteiger partial charge is 0.347 e. The predicted octanol–water partition coefficient (Wildman–Crippen LogP) is 3.77. The van der Waals surface area contributed by atoms with E-state index in [1.54, 1.807) is 18.2 Å². The summed E-state index contributed by atoms with van der Waals surface area (Å²) < 4.78 is 2.01. The summed E-state index contributed by atoms with van der Waals surface area (Å²) >= 11 is 0. The van der Waals surface area contributed by atoms with Gasteiger partial charge in [0.15, 0.2) is 0 Å². The Hall–Kier alpha value is -3.67. The third kappa shape index (κ3) is 2.93. The van der Waals surface area contributed by atoms with Crippen LogP contribution in [0.3, 0.4) is 0 Å². The Bertz CT molecular complexity index is 1230. The molecule has 1 aromatic heterocycles. The van der Waals surface area contributed by atoms with Crippen LogP contribution in [0.2, 0.25) is 0 Å². The van der Waals surface area contributed by atoms with E-state index < -0.39 is 17.8 Å². The monoisotopic (exact) mass is 387 g/mol. The van der Waals surface area contributed by atoms with Crippen molar-refractivity contribution in [2.45, 2.75) is 20.8 Å². The van der Waals surface area contributed by atoms with E-state index >= 15 is 0 Å². The molecule has 0 aliphatic carbocycles. The zero-order valence-corrected chi connectivity index (χ0v) is 16.7. The van der Waals surface area contributed by atoms with Crippen LogP contribution >= 0.6 is 0 Å². The van der Waals surface area contributed by atoms with Gasteiger partial charge in [0.1, 0.15) is 5.57 Å². The Balaban J connectivity index is 1.85. The summed E-state index contributed by atoms with van der Waals surface area (Å²) in [5.41, 5.74) is 5.09. The molecule has 2 aromatic carbocycles. The van der Waals surface area contributed by atoms with Crippen molar-refractivity contribution in [3.8, 4) is 0 Å². The van der Waals surface area contributed by atoms with E-state index in [1.165, 1.54) is 0 Å². The van der Waals surface area contributed by atoms with Crippen molar-refractivity contribution < 1.29 is 14.4 Å². The maximum Gasteiger partial charge on any atom is 0.335 e. The van der Waals surface area contributed by atoms with Gasteiger partial charge in [-0.2, -0.15) is 0 Å². The number of nitrogens with one attached hydrogen (secondary N) is 1. The zero-order valence-electron chi connectivity index (χ0n) is 16.7. The van der Waals surface area contributed by atoms with Gasteiger partial charge >= 0.3 is 6.03 Å². The standard InChI is InChI=1S/C23H21N3O3/c1-13-9-10-16(11-14(13)2)26-22(28)19(21(27)24-23(26)29)12-18-15(3)25(4)20-8-6-5-7-17(18)20/h5-12H,1-4H3,(H,24,27,29)/b19-12+. The lowest BCUT2D eigenvalue weighted by Crippen LogP contribution is -2.54. The van der Waals surface area contributed by atoms with E-state index in [2.05, 4.69) is 5.32 Å². The second-order valence-corrected chi connectivity index (χ2v) is 7.30. The van der Waals surface area contributed by atoms with E-state index in [0.717, 1.165) is 38.2 Å². The zero-order chi connectivity index (χ0) is 20.9. The summed E-state index contributed by atoms with van der Waals surface area (Å²) in [5, 5.41) is 3.23. The molecule has 0 radical (unpaired) electrons. The van der Waals surface area contributed by atoms with Crippen molar-refractivity contribution in [1.82, 2.24) is 9.88 Å². The van der Waals surface area contributed by atoms with Crippen LogP contribution in [-0.4, -0.2) is 22.4 Å². The van der Waals surface area contributed by atoms with Gasteiger partial charge in [0, 0.05) is 29.2 Å². The molecular formula is C23H21N3O3. The van der Waals surface area contributed by atoms with Gasteiger partial charge in [0.2, 0.25) is 0 Å². The normalized spacial score (nSPS) is 16.1. The number of carbonyl (C=O) groups is 3. The van der Waals surface area contributed by atoms with Crippen molar-refractivity contribution in [2.75, 3.05) is 4.90 Å². The van der Waals surface area contributed by atoms with E-state index in [0.29, 0.717) is 5.69 Å². The number of nitrogens with zero attached hydrogens (tertiary/aromatic N) is 2. The number of urea groups is 1. The molecule has 1 N–H and O–H groups in total. The molecule has 4 rings (SSSR count). The van der Waals surface area contributed by atoms with Gasteiger partial charge < -0.3 is 4.57 Å². The minimum atomic E-state index is -0.741. The number of carbonyl (C=O) groups excluding carboxylic acids is 3. The number of para-hydroxylation sites is 1. The van der Waals surface area contributed by atoms with Crippen LogP contribution in [0.1, 0.15) is 22.4 Å². The molecule has 3 aromatic rings. The molecule has 6 heteroatoms. The first-order valence-corrected chi connectivity index (χ1v) is 9.32. The highest BCUT2D eigenvalue weighted by molar-refractivity contribution is 6.39. The topological polar surface area (TPSA) is 71.4 Å². The first kappa shape index (κ1) is 18.7. The number of amides is 4. The maximum absolute atomic E-state index is 13.2. The van der Waals surface area contributed by atoms with Crippen molar-refractivity contribution >= 4 is 40.5 Å². The Morgan fingerprint density at radius 3 is 2.38 bits per heavy atom. The van der Waals surface area contributed by atoms with Crippen LogP contribution < -0.4 is 10.2 Å². The van der Waals surface area contributed by atoms with Gasteiger partial charge in [-0.15, -0.1) is 0 Å². The number of aryl methyl sites for hydroxylation is 3. The number of barbiturate groups is 1. The smallest absolute Gasteiger partial charge is 0.335 e. The average molecular weight is 387 g/mol. The van der Waals surface area contributed by atoms with Gasteiger partial charge in [0.05, 0.1) is 5.69 Å². The molecule has 1 saturated heterocycles. The highest BCUT2D eigenvalue weighted by Gasteiger charge is 2.37. The Labute approximate surface area is 168 Å². The van der Waals surface area contributed by atoms with Crippen LogP contribution in [-0.2, 0) is 16.6 Å². The molecule has 0 saturated carbocycles. The number of aromatic nitrogens is 1. The minimum Gasteiger partial charge on any atom is -0.347 e. The minimum absolute atomic E-state index is 0.0673. The summed E-state index contributed by atoms with van der Waals surface area (Å²) in [6, 6.07) is 12.4. The molecule has 2 heterocycles. The molecule has 0 bridgehead atoms. The summed E-state index contributed by atoms with van der Waals surface area (Å²) in [7, 11) is 1.94. The van der Waals surface area contributed by atoms with Gasteiger partial charge in [0.25, 0.3) is 11.8 Å². The molecule has 0 spiro atoms. The Morgan fingerprint density at radius 1 is 0.931 bits per heavy atom. The van der Waals surface area contributed by atoms with Crippen LogP contribution in [0, 0.1) is 20.8 Å². The number of rotatable bonds is 2. The fourth-order valence-electron chi connectivity index (χ4n) is 3.63. The quantitative estimate of drug-likeness (QED) is 0.537. The summed E-state index contributed by atoms with van der Waals surface area (Å²) in [4.78, 5) is 39.1. The van der Waals surface area contributed by atoms with E-state index in [-0.39, 0.29) is 5.57 Å². The highest BCUT2D eigenvalue weighted by atomic mass is 16.2. The second kappa shape index (κ2) is 6.74. The number of imide groups is 2. The third-order valence-electron chi connectivity index (χ3n) is 5.59. The average Bonchev–Trinajstić information content (AvgIpc) is 2.92. The van der Waals surface area contributed by atoms with Crippen LogP contribution in [0.25, 0.3) is 17.0 Å². The van der Waals surface area contributed by atoms with Crippen molar-refractivity contribution in [2.24, 2.45) is 7.05 Å². The van der Waals surface area contributed by atoms with Crippen molar-refractivity contribution in [3.05, 3.63) is 70.4 Å². The summed E-state index contributed by atoms with van der Waals surface area (Å²) in [5.74, 6) is -1.32. The first-order chi connectivity index (χ1) is 13.8. The molecule has 1 aliphatic heterocycles. The molecule has 1 aliphatic rings. The molecule has 0 atom stereocenters. The molecule has 146 valence electrons. The number of hydrogen-bond acceptors (Lipinski definition) is 3. The molecule has 6 nitrogen and oxygen atoms in total. The lowest BCUT2D eigenvalue weighted by Gasteiger charge is -2.26. The van der Waals surface area contributed by atoms with Crippen molar-refractivity contribution in [3.63, 3.8) is 0 Å². The predicted molar refractivity (Wildman–Crippen MR) is 113 cm³/mol. The van der Waals surface area contributed by atoms with Gasteiger partial charge in [-0.3, -0.25) is 14.9 Å². The third-order valence-corrected chi connectivity index (χ3v) is 5.59. The van der Waals surface area contributed by atoms with Crippen LogP contribution in [0.5, 0.6) is 0 Å². The van der Waals surface area contributed by atoms with Gasteiger partial charge in [-0.05, 0) is 56.2 Å². The number of fused-ring (bicyclic) bond motifs is 1. The molecule has 29 heavy (non-hydrogen) atoms. The Morgan fingerprint density at radius 2 is 1.66 bits per heavy atom. The van der Waals surface area contributed by atoms with E-state index in [1.807, 2.05) is 62.7 Å². The van der Waals surface area contributed by atoms with Crippen LogP contribution in [0.4, 0.5) is 10.5 Å². The summed E-state index contributed by atoms with van der Waals surface area (Å²) in [6.45, 7) is 5.80. The number of hydrogen-bond donors (Lipinski definition) is 1. The Kier molecular flexibility index (Phi) is 4.34. The summed E-state index contributed by atoms with van der Waals surface area (Å²) in [6.07, 6.45) is 1.58. The highest BCUT2D eigenvalue weighted by Crippen LogP contribution is 2.29. The van der Waals surface area contributed by atoms with Crippen molar-refractivity contribution in [1.29, 1.82) is 0 Å². The van der Waals surface area contributed by atoms with Gasteiger partial charge in [-0.1, -0.05) is 24.3 Å². The fourth-order valence-corrected chi connectivity index (χ4v) is 3.63. The van der Waals surface area contributed by atoms with Crippen LogP contribution in [0.15, 0.2) is 48.0 Å². The lowest BCUT2D eigenvalue weighted by atomic mass is 10.0. The molecule has 4 amide bonds. The maximum atomic E-state index is 13.2. The molecule has 1 fully saturated rings. The lowest BCUT2D eigenvalue weighted by molar-refractivity contribution is -0.122.